The van der Waals surface area contributed by atoms with Crippen molar-refractivity contribution >= 4 is 5.91 Å². The highest BCUT2D eigenvalue weighted by Gasteiger charge is 2.19. The molecule has 0 aliphatic rings. The van der Waals surface area contributed by atoms with Gasteiger partial charge in [-0.1, -0.05) is 24.3 Å². The molecule has 0 saturated heterocycles. The van der Waals surface area contributed by atoms with Gasteiger partial charge < -0.3 is 5.32 Å². The number of carbonyl (C=O) groups excluding carboxylic acids is 1. The standard InChI is InChI=1S/C24H19N7O/c32-24(27-16-19-8-5-12-26-23(19)30-14-6-13-28-30)21-17-31(20-9-2-1-3-10-20)29-22(21)18-7-4-11-25-15-18/h1-15,17H,16H2,(H,27,32). The average Bonchev–Trinajstić information content (AvgIpc) is 3.55. The first-order chi connectivity index (χ1) is 15.8. The summed E-state index contributed by atoms with van der Waals surface area (Å²) in [7, 11) is 0. The Morgan fingerprint density at radius 2 is 1.78 bits per heavy atom. The predicted molar refractivity (Wildman–Crippen MR) is 119 cm³/mol. The number of amides is 1. The van der Waals surface area contributed by atoms with Gasteiger partial charge in [-0.3, -0.25) is 9.78 Å². The molecule has 0 spiro atoms. The van der Waals surface area contributed by atoms with Gasteiger partial charge in [0.25, 0.3) is 5.91 Å². The number of nitrogens with one attached hydrogen (secondary N) is 1. The van der Waals surface area contributed by atoms with E-state index in [4.69, 9.17) is 0 Å². The zero-order chi connectivity index (χ0) is 21.8. The monoisotopic (exact) mass is 421 g/mol. The molecular weight excluding hydrogens is 402 g/mol. The maximum Gasteiger partial charge on any atom is 0.255 e. The zero-order valence-corrected chi connectivity index (χ0v) is 17.0. The van der Waals surface area contributed by atoms with E-state index < -0.39 is 0 Å². The van der Waals surface area contributed by atoms with Gasteiger partial charge in [0, 0.05) is 54.9 Å². The van der Waals surface area contributed by atoms with Crippen LogP contribution in [0.1, 0.15) is 15.9 Å². The van der Waals surface area contributed by atoms with E-state index in [0.29, 0.717) is 23.6 Å². The van der Waals surface area contributed by atoms with Gasteiger partial charge in [0.15, 0.2) is 5.82 Å². The molecule has 1 N–H and O–H groups in total. The Bertz CT molecular complexity index is 1330. The van der Waals surface area contributed by atoms with Crippen molar-refractivity contribution < 1.29 is 4.79 Å². The highest BCUT2D eigenvalue weighted by molar-refractivity contribution is 5.99. The predicted octanol–water partition coefficient (Wildman–Crippen LogP) is 3.45. The van der Waals surface area contributed by atoms with Crippen LogP contribution in [-0.2, 0) is 6.54 Å². The maximum absolute atomic E-state index is 13.2. The van der Waals surface area contributed by atoms with Crippen LogP contribution in [0.4, 0.5) is 0 Å². The lowest BCUT2D eigenvalue weighted by atomic mass is 10.1. The number of para-hydroxylation sites is 1. The van der Waals surface area contributed by atoms with Crippen molar-refractivity contribution in [1.29, 1.82) is 0 Å². The summed E-state index contributed by atoms with van der Waals surface area (Å²) in [6, 6.07) is 19.0. The topological polar surface area (TPSA) is 90.5 Å². The van der Waals surface area contributed by atoms with Crippen molar-refractivity contribution in [2.75, 3.05) is 0 Å². The highest BCUT2D eigenvalue weighted by atomic mass is 16.1. The molecule has 0 aliphatic heterocycles. The van der Waals surface area contributed by atoms with Gasteiger partial charge in [-0.15, -0.1) is 0 Å². The van der Waals surface area contributed by atoms with E-state index in [9.17, 15) is 4.79 Å². The van der Waals surface area contributed by atoms with Crippen LogP contribution in [0.5, 0.6) is 0 Å². The molecule has 0 aliphatic carbocycles. The highest BCUT2D eigenvalue weighted by Crippen LogP contribution is 2.23. The Balaban J connectivity index is 1.46. The summed E-state index contributed by atoms with van der Waals surface area (Å²) in [5, 5.41) is 11.9. The third kappa shape index (κ3) is 3.89. The summed E-state index contributed by atoms with van der Waals surface area (Å²) in [5.41, 5.74) is 3.52. The van der Waals surface area contributed by atoms with E-state index in [1.165, 1.54) is 0 Å². The second-order valence-corrected chi connectivity index (χ2v) is 7.03. The fourth-order valence-corrected chi connectivity index (χ4v) is 3.41. The number of nitrogens with zero attached hydrogens (tertiary/aromatic N) is 6. The number of benzene rings is 1. The number of aromatic nitrogens is 6. The molecule has 1 aromatic carbocycles. The molecule has 156 valence electrons. The summed E-state index contributed by atoms with van der Waals surface area (Å²) < 4.78 is 3.38. The summed E-state index contributed by atoms with van der Waals surface area (Å²) in [4.78, 5) is 21.8. The largest absolute Gasteiger partial charge is 0.348 e. The molecule has 0 atom stereocenters. The average molecular weight is 421 g/mol. The first kappa shape index (κ1) is 19.4. The van der Waals surface area contributed by atoms with Gasteiger partial charge in [-0.05, 0) is 36.4 Å². The molecule has 4 heterocycles. The summed E-state index contributed by atoms with van der Waals surface area (Å²) in [6.45, 7) is 0.296. The van der Waals surface area contributed by atoms with Crippen LogP contribution in [-0.4, -0.2) is 35.4 Å². The van der Waals surface area contributed by atoms with Gasteiger partial charge in [0.05, 0.1) is 11.3 Å². The summed E-state index contributed by atoms with van der Waals surface area (Å²) >= 11 is 0. The van der Waals surface area contributed by atoms with E-state index in [1.54, 1.807) is 40.3 Å². The number of hydrogen-bond donors (Lipinski definition) is 1. The van der Waals surface area contributed by atoms with Crippen LogP contribution in [0, 0.1) is 0 Å². The molecule has 0 radical (unpaired) electrons. The van der Waals surface area contributed by atoms with Crippen LogP contribution in [0.3, 0.4) is 0 Å². The lowest BCUT2D eigenvalue weighted by Crippen LogP contribution is -2.24. The molecule has 0 unspecified atom stereocenters. The minimum absolute atomic E-state index is 0.235. The SMILES string of the molecule is O=C(NCc1cccnc1-n1cccn1)c1cn(-c2ccccc2)nc1-c1cccnc1. The van der Waals surface area contributed by atoms with Crippen molar-refractivity contribution in [1.82, 2.24) is 34.8 Å². The fourth-order valence-electron chi connectivity index (χ4n) is 3.41. The Labute approximate surface area is 184 Å². The normalized spacial score (nSPS) is 10.8. The molecule has 0 bridgehead atoms. The third-order valence-electron chi connectivity index (χ3n) is 4.94. The fraction of sp³-hybridized carbons (Fsp3) is 0.0417. The van der Waals surface area contributed by atoms with Gasteiger partial charge in [-0.25, -0.2) is 14.3 Å². The molecular formula is C24H19N7O. The van der Waals surface area contributed by atoms with Crippen molar-refractivity contribution in [2.45, 2.75) is 6.54 Å². The minimum Gasteiger partial charge on any atom is -0.348 e. The van der Waals surface area contributed by atoms with Gasteiger partial charge in [0.2, 0.25) is 0 Å². The lowest BCUT2D eigenvalue weighted by molar-refractivity contribution is 0.0951. The first-order valence-corrected chi connectivity index (χ1v) is 10.1. The Kier molecular flexibility index (Phi) is 5.24. The van der Waals surface area contributed by atoms with E-state index in [0.717, 1.165) is 16.8 Å². The molecule has 8 nitrogen and oxygen atoms in total. The smallest absolute Gasteiger partial charge is 0.255 e. The number of pyridine rings is 2. The van der Waals surface area contributed by atoms with Crippen LogP contribution in [0.2, 0.25) is 0 Å². The summed E-state index contributed by atoms with van der Waals surface area (Å²) in [5.74, 6) is 0.437. The Hall–Kier alpha value is -4.59. The van der Waals surface area contributed by atoms with Crippen LogP contribution in [0.15, 0.2) is 97.8 Å². The molecule has 4 aromatic heterocycles. The van der Waals surface area contributed by atoms with Gasteiger partial charge in [0.1, 0.15) is 5.69 Å². The first-order valence-electron chi connectivity index (χ1n) is 10.1. The van der Waals surface area contributed by atoms with Crippen LogP contribution >= 0.6 is 0 Å². The van der Waals surface area contributed by atoms with E-state index in [1.807, 2.05) is 66.9 Å². The number of hydrogen-bond acceptors (Lipinski definition) is 5. The van der Waals surface area contributed by atoms with Crippen molar-refractivity contribution in [2.24, 2.45) is 0 Å². The molecule has 0 saturated carbocycles. The Morgan fingerprint density at radius 3 is 2.56 bits per heavy atom. The lowest BCUT2D eigenvalue weighted by Gasteiger charge is -2.09. The van der Waals surface area contributed by atoms with E-state index >= 15 is 0 Å². The van der Waals surface area contributed by atoms with Crippen LogP contribution in [0.25, 0.3) is 22.8 Å². The van der Waals surface area contributed by atoms with E-state index in [-0.39, 0.29) is 5.91 Å². The van der Waals surface area contributed by atoms with Crippen molar-refractivity contribution in [3.05, 3.63) is 109 Å². The second-order valence-electron chi connectivity index (χ2n) is 7.03. The molecule has 0 fully saturated rings. The summed E-state index contributed by atoms with van der Waals surface area (Å²) in [6.07, 6.45) is 10.3. The molecule has 5 aromatic rings. The molecule has 32 heavy (non-hydrogen) atoms. The van der Waals surface area contributed by atoms with Crippen LogP contribution < -0.4 is 5.32 Å². The molecule has 5 rings (SSSR count). The van der Waals surface area contributed by atoms with Gasteiger partial charge in [-0.2, -0.15) is 10.2 Å². The third-order valence-corrected chi connectivity index (χ3v) is 4.94. The van der Waals surface area contributed by atoms with Crippen molar-refractivity contribution in [3.8, 4) is 22.8 Å². The van der Waals surface area contributed by atoms with E-state index in [2.05, 4.69) is 25.5 Å². The molecule has 1 amide bonds. The number of carbonyl (C=O) groups is 1. The second kappa shape index (κ2) is 8.65. The Morgan fingerprint density at radius 1 is 0.906 bits per heavy atom. The quantitative estimate of drug-likeness (QED) is 0.454. The minimum atomic E-state index is -0.235. The molecule has 8 heteroatoms. The van der Waals surface area contributed by atoms with Crippen molar-refractivity contribution in [3.63, 3.8) is 0 Å². The zero-order valence-electron chi connectivity index (χ0n) is 17.0. The van der Waals surface area contributed by atoms with Gasteiger partial charge >= 0.3 is 0 Å². The number of rotatable bonds is 6. The maximum atomic E-state index is 13.2.